The summed E-state index contributed by atoms with van der Waals surface area (Å²) < 4.78 is 25.3. The molecule has 160 valence electrons. The largest absolute Gasteiger partial charge is 0.394 e. The van der Waals surface area contributed by atoms with E-state index in [4.69, 9.17) is 9.26 Å². The van der Waals surface area contributed by atoms with Crippen LogP contribution in [0.4, 0.5) is 0 Å². The van der Waals surface area contributed by atoms with E-state index >= 15 is 0 Å². The quantitative estimate of drug-likeness (QED) is 0.455. The van der Waals surface area contributed by atoms with Crippen LogP contribution in [-0.2, 0) is 13.8 Å². The molecule has 1 saturated heterocycles. The molecule has 0 amide bonds. The second-order valence-corrected chi connectivity index (χ2v) is 8.77. The Kier molecular flexibility index (Phi) is 7.78. The molecule has 11 heteroatoms. The van der Waals surface area contributed by atoms with Crippen molar-refractivity contribution in [2.24, 2.45) is 0 Å². The summed E-state index contributed by atoms with van der Waals surface area (Å²) in [5.74, 6) is 0. The maximum atomic E-state index is 12.8. The van der Waals surface area contributed by atoms with Gasteiger partial charge in [-0.25, -0.2) is 4.79 Å². The first-order valence-electron chi connectivity index (χ1n) is 9.30. The zero-order chi connectivity index (χ0) is 21.2. The average Bonchev–Trinajstić information content (AvgIpc) is 2.98. The highest BCUT2D eigenvalue weighted by molar-refractivity contribution is 7.37. The van der Waals surface area contributed by atoms with Gasteiger partial charge in [-0.3, -0.25) is 23.4 Å². The van der Waals surface area contributed by atoms with Crippen LogP contribution in [0.1, 0.15) is 45.9 Å². The van der Waals surface area contributed by atoms with Crippen molar-refractivity contribution in [1.82, 2.24) is 13.8 Å². The number of nitrogens with zero attached hydrogens (tertiary/aromatic N) is 3. The van der Waals surface area contributed by atoms with E-state index in [1.807, 2.05) is 32.6 Å². The molecule has 10 nitrogen and oxygen atoms in total. The Morgan fingerprint density at radius 3 is 2.43 bits per heavy atom. The number of aliphatic hydroxyl groups excluding tert-OH is 2. The number of rotatable bonds is 8. The lowest BCUT2D eigenvalue weighted by molar-refractivity contribution is -0.0461. The van der Waals surface area contributed by atoms with Crippen molar-refractivity contribution in [2.45, 2.75) is 71.6 Å². The summed E-state index contributed by atoms with van der Waals surface area (Å²) in [7, 11) is -3.18. The Morgan fingerprint density at radius 2 is 1.93 bits per heavy atom. The molecule has 0 saturated carbocycles. The minimum atomic E-state index is -3.18. The normalized spacial score (nSPS) is 23.9. The molecule has 1 aromatic heterocycles. The minimum absolute atomic E-state index is 0.0121. The number of hydrogen-bond donors (Lipinski definition) is 2. The standard InChI is InChI=1S/C17H30N3O7P/c1-10(2)19(11(3)4)9-26-28(25)20-16(23)12(5)7-18(17(20)24)15-6-13(22)14(8-21)27-15/h7,10-11,13-15,21-22,28H,6,8-9H2,1-5H3/t13-,14+,15+/m0/s1. The first-order valence-corrected chi connectivity index (χ1v) is 10.6. The van der Waals surface area contributed by atoms with Crippen LogP contribution in [0.3, 0.4) is 0 Å². The minimum Gasteiger partial charge on any atom is -0.394 e. The van der Waals surface area contributed by atoms with Crippen LogP contribution in [0.2, 0.25) is 0 Å². The lowest BCUT2D eigenvalue weighted by Gasteiger charge is -2.29. The van der Waals surface area contributed by atoms with E-state index in [9.17, 15) is 24.4 Å². The zero-order valence-electron chi connectivity index (χ0n) is 16.9. The fourth-order valence-corrected chi connectivity index (χ4v) is 4.21. The van der Waals surface area contributed by atoms with Crippen LogP contribution in [0.25, 0.3) is 0 Å². The van der Waals surface area contributed by atoms with E-state index in [0.29, 0.717) is 4.34 Å². The summed E-state index contributed by atoms with van der Waals surface area (Å²) in [6.45, 7) is 8.97. The Bertz CT molecular complexity index is 812. The van der Waals surface area contributed by atoms with Gasteiger partial charge in [0, 0.05) is 30.3 Å². The van der Waals surface area contributed by atoms with E-state index in [1.54, 1.807) is 0 Å². The summed E-state index contributed by atoms with van der Waals surface area (Å²) in [6, 6.07) is 0.258. The summed E-state index contributed by atoms with van der Waals surface area (Å²) >= 11 is 0. The van der Waals surface area contributed by atoms with Crippen molar-refractivity contribution in [3.8, 4) is 0 Å². The van der Waals surface area contributed by atoms with Crippen LogP contribution < -0.4 is 11.2 Å². The van der Waals surface area contributed by atoms with Gasteiger partial charge >= 0.3 is 5.69 Å². The van der Waals surface area contributed by atoms with E-state index in [0.717, 1.165) is 4.57 Å². The van der Waals surface area contributed by atoms with Gasteiger partial charge in [-0.1, -0.05) is 0 Å². The van der Waals surface area contributed by atoms with Crippen molar-refractivity contribution in [3.05, 3.63) is 32.6 Å². The van der Waals surface area contributed by atoms with Gasteiger partial charge in [-0.05, 0) is 34.6 Å². The summed E-state index contributed by atoms with van der Waals surface area (Å²) in [6.07, 6.45) is -1.26. The Labute approximate surface area is 164 Å². The van der Waals surface area contributed by atoms with Gasteiger partial charge in [0.05, 0.1) is 12.7 Å². The number of ether oxygens (including phenoxy) is 1. The maximum Gasteiger partial charge on any atom is 0.340 e. The molecule has 1 aromatic rings. The highest BCUT2D eigenvalue weighted by Gasteiger charge is 2.35. The average molecular weight is 419 g/mol. The molecule has 28 heavy (non-hydrogen) atoms. The van der Waals surface area contributed by atoms with Gasteiger partial charge in [0.2, 0.25) is 0 Å². The highest BCUT2D eigenvalue weighted by Crippen LogP contribution is 2.28. The molecular formula is C17H30N3O7P. The summed E-state index contributed by atoms with van der Waals surface area (Å²) in [5, 5.41) is 19.1. The highest BCUT2D eigenvalue weighted by atomic mass is 31.1. The molecule has 0 aromatic carbocycles. The first kappa shape index (κ1) is 23.0. The molecule has 1 aliphatic rings. The third kappa shape index (κ3) is 4.82. The number of aryl methyl sites for hydroxylation is 1. The molecule has 2 heterocycles. The van der Waals surface area contributed by atoms with E-state index in [1.165, 1.54) is 13.1 Å². The number of aromatic nitrogens is 2. The zero-order valence-corrected chi connectivity index (χ0v) is 17.9. The molecular weight excluding hydrogens is 389 g/mol. The molecule has 1 unspecified atom stereocenters. The van der Waals surface area contributed by atoms with Gasteiger partial charge in [-0.15, -0.1) is 0 Å². The van der Waals surface area contributed by atoms with E-state index in [-0.39, 0.29) is 30.8 Å². The third-order valence-electron chi connectivity index (χ3n) is 4.83. The van der Waals surface area contributed by atoms with Crippen LogP contribution in [0, 0.1) is 6.92 Å². The third-order valence-corrected chi connectivity index (χ3v) is 5.96. The molecule has 1 fully saturated rings. The topological polar surface area (TPSA) is 123 Å². The molecule has 2 rings (SSSR count). The van der Waals surface area contributed by atoms with Crippen molar-refractivity contribution >= 4 is 8.18 Å². The van der Waals surface area contributed by atoms with Crippen LogP contribution in [-0.4, -0.2) is 61.6 Å². The molecule has 2 N–H and O–H groups in total. The predicted molar refractivity (Wildman–Crippen MR) is 104 cm³/mol. The van der Waals surface area contributed by atoms with Crippen molar-refractivity contribution in [2.75, 3.05) is 13.3 Å². The van der Waals surface area contributed by atoms with Crippen LogP contribution >= 0.6 is 8.18 Å². The van der Waals surface area contributed by atoms with Gasteiger partial charge in [-0.2, -0.15) is 4.34 Å². The SMILES string of the molecule is Cc1cn([C@H]2C[C@H](O)[C@@H](CO)O2)c(=O)n([PH](=O)OCN(C(C)C)C(C)C)c1=O. The second-order valence-electron chi connectivity index (χ2n) is 7.50. The van der Waals surface area contributed by atoms with Crippen LogP contribution in [0.5, 0.6) is 0 Å². The fraction of sp³-hybridized carbons (Fsp3) is 0.765. The molecule has 1 aliphatic heterocycles. The maximum absolute atomic E-state index is 12.8. The summed E-state index contributed by atoms with van der Waals surface area (Å²) in [5.41, 5.74) is -1.34. The molecule has 0 radical (unpaired) electrons. The van der Waals surface area contributed by atoms with Crippen molar-refractivity contribution < 1.29 is 24.0 Å². The monoisotopic (exact) mass is 419 g/mol. The lowest BCUT2D eigenvalue weighted by Crippen LogP contribution is -2.41. The van der Waals surface area contributed by atoms with Gasteiger partial charge < -0.3 is 14.9 Å². The van der Waals surface area contributed by atoms with Crippen molar-refractivity contribution in [3.63, 3.8) is 0 Å². The summed E-state index contributed by atoms with van der Waals surface area (Å²) in [4.78, 5) is 27.2. The molecule has 0 spiro atoms. The number of hydrogen-bond acceptors (Lipinski definition) is 8. The Morgan fingerprint density at radius 1 is 1.32 bits per heavy atom. The van der Waals surface area contributed by atoms with Gasteiger partial charge in [0.1, 0.15) is 19.1 Å². The smallest absolute Gasteiger partial charge is 0.340 e. The van der Waals surface area contributed by atoms with E-state index < -0.39 is 44.5 Å². The fourth-order valence-electron chi connectivity index (χ4n) is 3.20. The number of aliphatic hydroxyl groups is 2. The second kappa shape index (κ2) is 9.47. The predicted octanol–water partition coefficient (Wildman–Crippen LogP) is 0.290. The first-order chi connectivity index (χ1) is 13.1. The molecule has 0 aliphatic carbocycles. The van der Waals surface area contributed by atoms with Crippen LogP contribution in [0.15, 0.2) is 15.8 Å². The lowest BCUT2D eigenvalue weighted by atomic mass is 10.2. The molecule has 0 bridgehead atoms. The Balaban J connectivity index is 2.32. The van der Waals surface area contributed by atoms with Crippen molar-refractivity contribution in [1.29, 1.82) is 0 Å². The van der Waals surface area contributed by atoms with Gasteiger partial charge in [0.15, 0.2) is 0 Å². The Hall–Kier alpha value is -1.29. The molecule has 4 atom stereocenters. The van der Waals surface area contributed by atoms with E-state index in [2.05, 4.69) is 0 Å². The van der Waals surface area contributed by atoms with Gasteiger partial charge in [0.25, 0.3) is 13.7 Å².